The molecule has 1 amide bonds. The molecule has 0 bridgehead atoms. The highest BCUT2D eigenvalue weighted by atomic mass is 35.5. The second-order valence-corrected chi connectivity index (χ2v) is 3.77. The Bertz CT molecular complexity index is 399. The molecule has 0 saturated carbocycles. The molecule has 8 heteroatoms. The van der Waals surface area contributed by atoms with Gasteiger partial charge in [0.15, 0.2) is 11.0 Å². The molecule has 2 rings (SSSR count). The molecule has 15 heavy (non-hydrogen) atoms. The maximum Gasteiger partial charge on any atom is 0.245 e. The molecule has 2 heterocycles. The molecule has 0 aromatic carbocycles. The van der Waals surface area contributed by atoms with Crippen LogP contribution in [0.25, 0.3) is 0 Å². The van der Waals surface area contributed by atoms with Crippen LogP contribution in [0.2, 0.25) is 10.4 Å². The first-order valence-corrected chi connectivity index (χ1v) is 4.99. The van der Waals surface area contributed by atoms with Crippen LogP contribution in [0.4, 0.5) is 5.82 Å². The Labute approximate surface area is 95.4 Å². The zero-order chi connectivity index (χ0) is 10.8. The Kier molecular flexibility index (Phi) is 2.88. The summed E-state index contributed by atoms with van der Waals surface area (Å²) in [6, 6.07) is -0.0391. The van der Waals surface area contributed by atoms with E-state index in [1.807, 2.05) is 0 Å². The maximum atomic E-state index is 10.9. The Morgan fingerprint density at radius 3 is 2.87 bits per heavy atom. The van der Waals surface area contributed by atoms with Crippen LogP contribution in [0.1, 0.15) is 6.42 Å². The minimum absolute atomic E-state index is 0.00302. The smallest absolute Gasteiger partial charge is 0.245 e. The summed E-state index contributed by atoms with van der Waals surface area (Å²) < 4.78 is 0. The first-order chi connectivity index (χ1) is 7.15. The molecule has 1 unspecified atom stereocenters. The summed E-state index contributed by atoms with van der Waals surface area (Å²) in [5, 5.41) is 12.9. The third-order valence-corrected chi connectivity index (χ3v) is 2.35. The van der Waals surface area contributed by atoms with Crippen molar-refractivity contribution < 1.29 is 4.79 Å². The van der Waals surface area contributed by atoms with Crippen molar-refractivity contribution in [2.24, 2.45) is 0 Å². The van der Waals surface area contributed by atoms with Crippen LogP contribution < -0.4 is 10.6 Å². The van der Waals surface area contributed by atoms with Crippen LogP contribution in [-0.2, 0) is 4.79 Å². The Hall–Kier alpha value is -1.14. The van der Waals surface area contributed by atoms with Crippen molar-refractivity contribution in [3.8, 4) is 0 Å². The van der Waals surface area contributed by atoms with E-state index in [1.54, 1.807) is 0 Å². The molecule has 1 fully saturated rings. The van der Waals surface area contributed by atoms with Gasteiger partial charge in [-0.1, -0.05) is 11.6 Å². The van der Waals surface area contributed by atoms with Gasteiger partial charge in [0.1, 0.15) is 0 Å². The second kappa shape index (κ2) is 4.16. The summed E-state index contributed by atoms with van der Waals surface area (Å²) in [6.07, 6.45) is 0.387. The Morgan fingerprint density at radius 1 is 1.40 bits per heavy atom. The van der Waals surface area contributed by atoms with Crippen LogP contribution in [0, 0.1) is 0 Å². The van der Waals surface area contributed by atoms with Crippen molar-refractivity contribution in [2.75, 3.05) is 11.9 Å². The number of halogens is 2. The molecule has 0 aliphatic carbocycles. The summed E-state index contributed by atoms with van der Waals surface area (Å²) in [7, 11) is 0. The normalized spacial score (nSPS) is 20.1. The number of nitrogens with zero attached hydrogens (tertiary/aromatic N) is 3. The van der Waals surface area contributed by atoms with Crippen molar-refractivity contribution in [1.29, 1.82) is 0 Å². The Balaban J connectivity index is 2.10. The molecule has 0 radical (unpaired) electrons. The number of carbonyl (C=O) groups is 1. The second-order valence-electron chi connectivity index (χ2n) is 3.07. The van der Waals surface area contributed by atoms with Gasteiger partial charge in [0.05, 0.1) is 6.04 Å². The maximum absolute atomic E-state index is 10.9. The molecule has 6 nitrogen and oxygen atoms in total. The zero-order valence-electron chi connectivity index (χ0n) is 7.50. The third-order valence-electron chi connectivity index (χ3n) is 1.94. The lowest BCUT2D eigenvalue weighted by Crippen LogP contribution is -2.23. The predicted octanol–water partition coefficient (Wildman–Crippen LogP) is 0.479. The van der Waals surface area contributed by atoms with Gasteiger partial charge in [-0.25, -0.2) is 0 Å². The summed E-state index contributed by atoms with van der Waals surface area (Å²) in [5.41, 5.74) is 0. The van der Waals surface area contributed by atoms with Gasteiger partial charge in [0.25, 0.3) is 0 Å². The van der Waals surface area contributed by atoms with Gasteiger partial charge in [-0.15, -0.1) is 10.2 Å². The highest BCUT2D eigenvalue weighted by Crippen LogP contribution is 2.18. The largest absolute Gasteiger partial charge is 0.362 e. The summed E-state index contributed by atoms with van der Waals surface area (Å²) in [4.78, 5) is 14.8. The molecular weight excluding hydrogens is 241 g/mol. The van der Waals surface area contributed by atoms with Crippen LogP contribution in [0.3, 0.4) is 0 Å². The molecular formula is C7H7Cl2N5O. The van der Waals surface area contributed by atoms with E-state index in [0.717, 1.165) is 0 Å². The highest BCUT2D eigenvalue weighted by Gasteiger charge is 2.22. The average molecular weight is 248 g/mol. The first kappa shape index (κ1) is 10.4. The van der Waals surface area contributed by atoms with Crippen molar-refractivity contribution >= 4 is 34.9 Å². The number of aromatic nitrogens is 3. The third kappa shape index (κ3) is 2.45. The number of rotatable bonds is 2. The van der Waals surface area contributed by atoms with Crippen molar-refractivity contribution in [3.05, 3.63) is 10.4 Å². The molecule has 2 N–H and O–H groups in total. The molecule has 1 aromatic heterocycles. The van der Waals surface area contributed by atoms with Crippen molar-refractivity contribution in [3.63, 3.8) is 0 Å². The molecule has 1 aliphatic heterocycles. The lowest BCUT2D eigenvalue weighted by atomic mass is 10.2. The predicted molar refractivity (Wildman–Crippen MR) is 54.9 cm³/mol. The van der Waals surface area contributed by atoms with E-state index in [9.17, 15) is 4.79 Å². The number of carbonyl (C=O) groups excluding carboxylic acids is 1. The van der Waals surface area contributed by atoms with Gasteiger partial charge in [-0.3, -0.25) is 4.79 Å². The highest BCUT2D eigenvalue weighted by molar-refractivity contribution is 6.32. The number of anilines is 1. The molecule has 1 aliphatic rings. The van der Waals surface area contributed by atoms with Crippen LogP contribution in [-0.4, -0.2) is 33.7 Å². The minimum atomic E-state index is -0.0391. The average Bonchev–Trinajstić information content (AvgIpc) is 2.58. The number of hydrogen-bond donors (Lipinski definition) is 2. The molecule has 1 aromatic rings. The van der Waals surface area contributed by atoms with Gasteiger partial charge in [-0.2, -0.15) is 4.98 Å². The fraction of sp³-hybridized carbons (Fsp3) is 0.429. The van der Waals surface area contributed by atoms with Gasteiger partial charge in [-0.05, 0) is 11.6 Å². The van der Waals surface area contributed by atoms with Crippen LogP contribution in [0.5, 0.6) is 0 Å². The van der Waals surface area contributed by atoms with Crippen LogP contribution in [0.15, 0.2) is 0 Å². The molecule has 80 valence electrons. The molecule has 1 saturated heterocycles. The number of amides is 1. The van der Waals surface area contributed by atoms with Gasteiger partial charge in [0, 0.05) is 13.0 Å². The van der Waals surface area contributed by atoms with E-state index in [2.05, 4.69) is 25.8 Å². The van der Waals surface area contributed by atoms with Gasteiger partial charge in [0.2, 0.25) is 11.2 Å². The van der Waals surface area contributed by atoms with E-state index >= 15 is 0 Å². The summed E-state index contributed by atoms with van der Waals surface area (Å²) in [6.45, 7) is 0.538. The lowest BCUT2D eigenvalue weighted by Gasteiger charge is -2.10. The van der Waals surface area contributed by atoms with E-state index in [-0.39, 0.29) is 22.4 Å². The van der Waals surface area contributed by atoms with Crippen LogP contribution >= 0.6 is 23.2 Å². The first-order valence-electron chi connectivity index (χ1n) is 4.24. The van der Waals surface area contributed by atoms with Gasteiger partial charge >= 0.3 is 0 Å². The SMILES string of the molecule is O=C1CC(Nc2nc(Cl)nnc2Cl)CN1. The summed E-state index contributed by atoms with van der Waals surface area (Å²) >= 11 is 11.3. The lowest BCUT2D eigenvalue weighted by molar-refractivity contribution is -0.119. The fourth-order valence-corrected chi connectivity index (χ4v) is 1.54. The van der Waals surface area contributed by atoms with Crippen molar-refractivity contribution in [2.45, 2.75) is 12.5 Å². The van der Waals surface area contributed by atoms with E-state index < -0.39 is 0 Å². The van der Waals surface area contributed by atoms with E-state index in [1.165, 1.54) is 0 Å². The molecule has 1 atom stereocenters. The number of nitrogens with one attached hydrogen (secondary N) is 2. The summed E-state index contributed by atoms with van der Waals surface area (Å²) in [5.74, 6) is 0.343. The fourth-order valence-electron chi connectivity index (χ4n) is 1.29. The quantitative estimate of drug-likeness (QED) is 0.795. The van der Waals surface area contributed by atoms with Gasteiger partial charge < -0.3 is 10.6 Å². The molecule has 0 spiro atoms. The van der Waals surface area contributed by atoms with E-state index in [4.69, 9.17) is 23.2 Å². The number of hydrogen-bond acceptors (Lipinski definition) is 5. The van der Waals surface area contributed by atoms with Crippen molar-refractivity contribution in [1.82, 2.24) is 20.5 Å². The Morgan fingerprint density at radius 2 is 2.20 bits per heavy atom. The zero-order valence-corrected chi connectivity index (χ0v) is 9.01. The standard InChI is InChI=1S/C7H7Cl2N5O/c8-5-6(12-7(9)14-13-5)11-3-1-4(15)10-2-3/h3H,1-2H2,(H,10,15)(H,11,12,14). The van der Waals surface area contributed by atoms with E-state index in [0.29, 0.717) is 18.8 Å². The minimum Gasteiger partial charge on any atom is -0.362 e. The monoisotopic (exact) mass is 247 g/mol. The topological polar surface area (TPSA) is 79.8 Å².